The van der Waals surface area contributed by atoms with Crippen molar-refractivity contribution in [3.05, 3.63) is 35.7 Å². The van der Waals surface area contributed by atoms with E-state index in [-0.39, 0.29) is 17.2 Å². The Morgan fingerprint density at radius 3 is 2.46 bits per heavy atom. The van der Waals surface area contributed by atoms with Crippen LogP contribution in [0.4, 0.5) is 14.6 Å². The summed E-state index contributed by atoms with van der Waals surface area (Å²) < 4.78 is 28.6. The molecule has 1 aliphatic rings. The molecule has 0 atom stereocenters. The van der Waals surface area contributed by atoms with Gasteiger partial charge >= 0.3 is 0 Å². The van der Waals surface area contributed by atoms with Gasteiger partial charge < -0.3 is 15.4 Å². The maximum Gasteiger partial charge on any atom is 0.209 e. The molecule has 2 heterocycles. The SMILES string of the molecule is Cn1c(-c2cc(F)cc(F)c2)nc2c(N)nc(C#CC3(O)CCC3)nc21. The second-order valence-electron chi connectivity index (χ2n) is 6.39. The van der Waals surface area contributed by atoms with Gasteiger partial charge in [0.1, 0.15) is 23.1 Å². The fourth-order valence-corrected chi connectivity index (χ4v) is 2.89. The highest BCUT2D eigenvalue weighted by Gasteiger charge is 2.32. The van der Waals surface area contributed by atoms with E-state index in [1.807, 2.05) is 0 Å². The molecule has 1 fully saturated rings. The maximum atomic E-state index is 13.5. The summed E-state index contributed by atoms with van der Waals surface area (Å²) in [6.45, 7) is 0. The van der Waals surface area contributed by atoms with E-state index in [4.69, 9.17) is 5.73 Å². The molecule has 26 heavy (non-hydrogen) atoms. The number of aromatic nitrogens is 4. The number of rotatable bonds is 1. The Morgan fingerprint density at radius 1 is 1.15 bits per heavy atom. The summed E-state index contributed by atoms with van der Waals surface area (Å²) in [7, 11) is 1.66. The molecule has 0 unspecified atom stereocenters. The van der Waals surface area contributed by atoms with Gasteiger partial charge in [0.05, 0.1) is 0 Å². The van der Waals surface area contributed by atoms with Gasteiger partial charge in [-0.25, -0.2) is 23.7 Å². The van der Waals surface area contributed by atoms with Crippen molar-refractivity contribution in [2.75, 3.05) is 5.73 Å². The van der Waals surface area contributed by atoms with E-state index in [2.05, 4.69) is 26.8 Å². The van der Waals surface area contributed by atoms with Crippen LogP contribution in [0.15, 0.2) is 18.2 Å². The number of hydrogen-bond donors (Lipinski definition) is 2. The minimum Gasteiger partial charge on any atom is -0.382 e. The predicted molar refractivity (Wildman–Crippen MR) is 91.7 cm³/mol. The number of benzene rings is 1. The van der Waals surface area contributed by atoms with Crippen molar-refractivity contribution in [2.45, 2.75) is 24.9 Å². The van der Waals surface area contributed by atoms with Crippen molar-refractivity contribution in [3.8, 4) is 23.2 Å². The summed E-state index contributed by atoms with van der Waals surface area (Å²) in [5.74, 6) is 4.70. The average molecular weight is 355 g/mol. The summed E-state index contributed by atoms with van der Waals surface area (Å²) in [5.41, 5.74) is 5.95. The standard InChI is InChI=1S/C18H15F2N5O/c1-25-16(10-7-11(19)9-12(20)8-10)24-14-15(21)22-13(23-17(14)25)3-6-18(26)4-2-5-18/h7-9,26H,2,4-5H2,1H3,(H2,21,22,23). The zero-order valence-electron chi connectivity index (χ0n) is 13.9. The molecule has 4 rings (SSSR count). The van der Waals surface area contributed by atoms with E-state index >= 15 is 0 Å². The van der Waals surface area contributed by atoms with Gasteiger partial charge in [0.25, 0.3) is 0 Å². The Labute approximate surface area is 147 Å². The van der Waals surface area contributed by atoms with Crippen LogP contribution in [0.1, 0.15) is 25.1 Å². The maximum absolute atomic E-state index is 13.5. The van der Waals surface area contributed by atoms with Gasteiger partial charge in [0, 0.05) is 18.7 Å². The Balaban J connectivity index is 1.83. The van der Waals surface area contributed by atoms with E-state index in [0.717, 1.165) is 12.5 Å². The minimum atomic E-state index is -0.982. The number of nitrogens with zero attached hydrogens (tertiary/aromatic N) is 4. The third-order valence-corrected chi connectivity index (χ3v) is 4.45. The van der Waals surface area contributed by atoms with Crippen LogP contribution in [-0.4, -0.2) is 30.2 Å². The zero-order chi connectivity index (χ0) is 18.5. The summed E-state index contributed by atoms with van der Waals surface area (Å²) in [6, 6.07) is 3.15. The first-order valence-corrected chi connectivity index (χ1v) is 8.07. The quantitative estimate of drug-likeness (QED) is 0.653. The lowest BCUT2D eigenvalue weighted by atomic mass is 9.81. The third-order valence-electron chi connectivity index (χ3n) is 4.45. The number of aryl methyl sites for hydroxylation is 1. The fraction of sp³-hybridized carbons (Fsp3) is 0.278. The van der Waals surface area contributed by atoms with Crippen molar-refractivity contribution >= 4 is 17.0 Å². The Morgan fingerprint density at radius 2 is 1.85 bits per heavy atom. The van der Waals surface area contributed by atoms with Gasteiger partial charge in [-0.1, -0.05) is 5.92 Å². The first-order valence-electron chi connectivity index (χ1n) is 8.07. The summed E-state index contributed by atoms with van der Waals surface area (Å²) in [4.78, 5) is 12.8. The molecule has 6 nitrogen and oxygen atoms in total. The highest BCUT2D eigenvalue weighted by Crippen LogP contribution is 2.31. The number of anilines is 1. The largest absolute Gasteiger partial charge is 0.382 e. The number of imidazole rings is 1. The van der Waals surface area contributed by atoms with Gasteiger partial charge in [0.15, 0.2) is 17.0 Å². The molecule has 0 amide bonds. The molecular formula is C18H15F2N5O. The van der Waals surface area contributed by atoms with Crippen molar-refractivity contribution < 1.29 is 13.9 Å². The van der Waals surface area contributed by atoms with E-state index in [1.165, 1.54) is 12.1 Å². The fourth-order valence-electron chi connectivity index (χ4n) is 2.89. The van der Waals surface area contributed by atoms with Crippen LogP contribution in [0.3, 0.4) is 0 Å². The first-order chi connectivity index (χ1) is 12.3. The number of hydrogen-bond acceptors (Lipinski definition) is 5. The molecule has 3 N–H and O–H groups in total. The molecule has 0 bridgehead atoms. The van der Waals surface area contributed by atoms with Crippen LogP contribution in [0.2, 0.25) is 0 Å². The Bertz CT molecular complexity index is 1070. The molecule has 2 aromatic heterocycles. The second kappa shape index (κ2) is 5.75. The van der Waals surface area contributed by atoms with E-state index < -0.39 is 17.2 Å². The van der Waals surface area contributed by atoms with E-state index in [1.54, 1.807) is 11.6 Å². The number of nitrogen functional groups attached to an aromatic ring is 1. The van der Waals surface area contributed by atoms with E-state index in [0.29, 0.717) is 29.8 Å². The molecule has 1 aliphatic carbocycles. The molecule has 0 spiro atoms. The van der Waals surface area contributed by atoms with E-state index in [9.17, 15) is 13.9 Å². The number of halogens is 2. The van der Waals surface area contributed by atoms with Crippen molar-refractivity contribution in [1.82, 2.24) is 19.5 Å². The van der Waals surface area contributed by atoms with Gasteiger partial charge in [-0.05, 0) is 37.3 Å². The van der Waals surface area contributed by atoms with Crippen LogP contribution in [0.25, 0.3) is 22.6 Å². The molecule has 8 heteroatoms. The van der Waals surface area contributed by atoms with Crippen LogP contribution >= 0.6 is 0 Å². The monoisotopic (exact) mass is 355 g/mol. The summed E-state index contributed by atoms with van der Waals surface area (Å²) in [6.07, 6.45) is 2.18. The lowest BCUT2D eigenvalue weighted by Crippen LogP contribution is -2.34. The lowest BCUT2D eigenvalue weighted by Gasteiger charge is -2.30. The van der Waals surface area contributed by atoms with Gasteiger partial charge in [0.2, 0.25) is 5.82 Å². The summed E-state index contributed by atoms with van der Waals surface area (Å²) in [5, 5.41) is 10.1. The predicted octanol–water partition coefficient (Wildman–Crippen LogP) is 2.16. The summed E-state index contributed by atoms with van der Waals surface area (Å²) >= 11 is 0. The van der Waals surface area contributed by atoms with Gasteiger partial charge in [-0.2, -0.15) is 0 Å². The molecule has 3 aromatic rings. The second-order valence-corrected chi connectivity index (χ2v) is 6.39. The third kappa shape index (κ3) is 2.76. The topological polar surface area (TPSA) is 89.9 Å². The van der Waals surface area contributed by atoms with Crippen molar-refractivity contribution in [3.63, 3.8) is 0 Å². The number of fused-ring (bicyclic) bond motifs is 1. The highest BCUT2D eigenvalue weighted by atomic mass is 19.1. The Kier molecular flexibility index (Phi) is 3.63. The van der Waals surface area contributed by atoms with Crippen LogP contribution in [0.5, 0.6) is 0 Å². The highest BCUT2D eigenvalue weighted by molar-refractivity contribution is 5.85. The first kappa shape index (κ1) is 16.4. The molecule has 1 aromatic carbocycles. The minimum absolute atomic E-state index is 0.110. The normalized spacial score (nSPS) is 15.4. The number of nitrogens with two attached hydrogens (primary N) is 1. The molecule has 0 radical (unpaired) electrons. The molecule has 0 saturated heterocycles. The zero-order valence-corrected chi connectivity index (χ0v) is 13.9. The molecule has 1 saturated carbocycles. The number of aliphatic hydroxyl groups is 1. The van der Waals surface area contributed by atoms with Crippen LogP contribution in [0, 0.1) is 23.5 Å². The van der Waals surface area contributed by atoms with Crippen molar-refractivity contribution in [1.29, 1.82) is 0 Å². The smallest absolute Gasteiger partial charge is 0.209 e. The Hall–Kier alpha value is -3.05. The average Bonchev–Trinajstić information content (AvgIpc) is 2.88. The van der Waals surface area contributed by atoms with Crippen LogP contribution in [-0.2, 0) is 7.05 Å². The molecule has 0 aliphatic heterocycles. The van der Waals surface area contributed by atoms with Crippen LogP contribution < -0.4 is 5.73 Å². The van der Waals surface area contributed by atoms with Crippen molar-refractivity contribution in [2.24, 2.45) is 7.05 Å². The molecule has 132 valence electrons. The van der Waals surface area contributed by atoms with Gasteiger partial charge in [-0.3, -0.25) is 0 Å². The lowest BCUT2D eigenvalue weighted by molar-refractivity contribution is 0.0239. The molecular weight excluding hydrogens is 340 g/mol. The van der Waals surface area contributed by atoms with Gasteiger partial charge in [-0.15, -0.1) is 0 Å².